The van der Waals surface area contributed by atoms with Gasteiger partial charge in [0, 0.05) is 4.47 Å². The minimum absolute atomic E-state index is 0.795. The number of hydrogen-bond acceptors (Lipinski definition) is 0. The molecular formula is C9H9Br. The van der Waals surface area contributed by atoms with E-state index in [2.05, 4.69) is 41.1 Å². The summed E-state index contributed by atoms with van der Waals surface area (Å²) in [5.41, 5.74) is 3.05. The molecule has 0 heterocycles. The smallest absolute Gasteiger partial charge is 0.0178 e. The van der Waals surface area contributed by atoms with E-state index in [9.17, 15) is 0 Å². The molecule has 1 unspecified atom stereocenters. The minimum atomic E-state index is 0.795. The number of rotatable bonds is 0. The highest BCUT2D eigenvalue weighted by atomic mass is 79.9. The summed E-state index contributed by atoms with van der Waals surface area (Å²) in [4.78, 5) is 0. The number of hydrogen-bond donors (Lipinski definition) is 0. The molecule has 10 heavy (non-hydrogen) atoms. The zero-order valence-electron chi connectivity index (χ0n) is 5.89. The van der Waals surface area contributed by atoms with Crippen LogP contribution >= 0.6 is 15.9 Å². The van der Waals surface area contributed by atoms with Crippen LogP contribution in [0, 0.1) is 0 Å². The van der Waals surface area contributed by atoms with Crippen LogP contribution in [-0.2, 0) is 6.42 Å². The van der Waals surface area contributed by atoms with Crippen molar-refractivity contribution in [1.29, 1.82) is 0 Å². The second-order valence-electron chi connectivity index (χ2n) is 2.95. The van der Waals surface area contributed by atoms with E-state index in [0.29, 0.717) is 0 Å². The Balaban J connectivity index is 2.49. The number of benzene rings is 1. The largest absolute Gasteiger partial charge is 0.0581 e. The van der Waals surface area contributed by atoms with Crippen molar-refractivity contribution >= 4 is 15.9 Å². The molecule has 52 valence electrons. The average molecular weight is 197 g/mol. The van der Waals surface area contributed by atoms with Crippen LogP contribution in [0.1, 0.15) is 24.0 Å². The summed E-state index contributed by atoms with van der Waals surface area (Å²) in [6.07, 6.45) is 1.26. The number of halogens is 1. The van der Waals surface area contributed by atoms with Gasteiger partial charge in [-0.15, -0.1) is 0 Å². The molecular weight excluding hydrogens is 188 g/mol. The maximum absolute atomic E-state index is 3.45. The predicted molar refractivity (Wildman–Crippen MR) is 46.3 cm³/mol. The third kappa shape index (κ3) is 0.807. The standard InChI is InChI=1S/C9H9Br/c1-6-4-7-5-8(10)2-3-9(6)7/h2-3,5-6H,4H2,1H3. The Morgan fingerprint density at radius 1 is 1.50 bits per heavy atom. The van der Waals surface area contributed by atoms with E-state index in [4.69, 9.17) is 0 Å². The van der Waals surface area contributed by atoms with Gasteiger partial charge in [-0.25, -0.2) is 0 Å². The van der Waals surface area contributed by atoms with Gasteiger partial charge in [0.15, 0.2) is 0 Å². The summed E-state index contributed by atoms with van der Waals surface area (Å²) in [6, 6.07) is 6.55. The van der Waals surface area contributed by atoms with Gasteiger partial charge in [0.2, 0.25) is 0 Å². The molecule has 0 nitrogen and oxygen atoms in total. The van der Waals surface area contributed by atoms with E-state index in [0.717, 1.165) is 5.92 Å². The molecule has 0 bridgehead atoms. The molecule has 0 amide bonds. The molecule has 0 fully saturated rings. The third-order valence-corrected chi connectivity index (χ3v) is 2.66. The molecule has 1 aromatic carbocycles. The lowest BCUT2D eigenvalue weighted by Gasteiger charge is -2.26. The lowest BCUT2D eigenvalue weighted by molar-refractivity contribution is 0.666. The monoisotopic (exact) mass is 196 g/mol. The van der Waals surface area contributed by atoms with E-state index in [-0.39, 0.29) is 0 Å². The van der Waals surface area contributed by atoms with Crippen LogP contribution in [0.3, 0.4) is 0 Å². The van der Waals surface area contributed by atoms with E-state index in [1.54, 1.807) is 0 Å². The van der Waals surface area contributed by atoms with E-state index in [1.807, 2.05) is 0 Å². The minimum Gasteiger partial charge on any atom is -0.0581 e. The molecule has 1 aromatic rings. The summed E-state index contributed by atoms with van der Waals surface area (Å²) in [6.45, 7) is 2.27. The molecule has 0 radical (unpaired) electrons. The zero-order valence-corrected chi connectivity index (χ0v) is 7.48. The van der Waals surface area contributed by atoms with E-state index < -0.39 is 0 Å². The fourth-order valence-electron chi connectivity index (χ4n) is 1.54. The first-order valence-corrected chi connectivity index (χ1v) is 4.35. The van der Waals surface area contributed by atoms with Crippen LogP contribution < -0.4 is 0 Å². The summed E-state index contributed by atoms with van der Waals surface area (Å²) < 4.78 is 1.21. The van der Waals surface area contributed by atoms with Gasteiger partial charge >= 0.3 is 0 Å². The molecule has 2 rings (SSSR count). The Morgan fingerprint density at radius 2 is 2.30 bits per heavy atom. The van der Waals surface area contributed by atoms with Crippen molar-refractivity contribution in [3.63, 3.8) is 0 Å². The maximum Gasteiger partial charge on any atom is 0.0178 e. The van der Waals surface area contributed by atoms with Crippen LogP contribution in [0.15, 0.2) is 22.7 Å². The average Bonchev–Trinajstić information content (AvgIpc) is 1.86. The highest BCUT2D eigenvalue weighted by Crippen LogP contribution is 2.35. The summed E-state index contributed by atoms with van der Waals surface area (Å²) in [7, 11) is 0. The zero-order chi connectivity index (χ0) is 7.14. The molecule has 0 aliphatic heterocycles. The predicted octanol–water partition coefficient (Wildman–Crippen LogP) is 3.11. The van der Waals surface area contributed by atoms with E-state index in [1.165, 1.54) is 22.0 Å². The summed E-state index contributed by atoms with van der Waals surface area (Å²) in [5.74, 6) is 0.795. The van der Waals surface area contributed by atoms with Gasteiger partial charge in [0.25, 0.3) is 0 Å². The number of fused-ring (bicyclic) bond motifs is 1. The topological polar surface area (TPSA) is 0 Å². The molecule has 1 aliphatic rings. The quantitative estimate of drug-likeness (QED) is 0.599. The molecule has 0 saturated carbocycles. The second-order valence-corrected chi connectivity index (χ2v) is 3.86. The molecule has 1 atom stereocenters. The molecule has 0 spiro atoms. The maximum atomic E-state index is 3.45. The van der Waals surface area contributed by atoms with Crippen LogP contribution in [-0.4, -0.2) is 0 Å². The van der Waals surface area contributed by atoms with Gasteiger partial charge in [-0.1, -0.05) is 28.9 Å². The van der Waals surface area contributed by atoms with Gasteiger partial charge in [0.1, 0.15) is 0 Å². The van der Waals surface area contributed by atoms with Crippen molar-refractivity contribution in [2.24, 2.45) is 0 Å². The SMILES string of the molecule is CC1Cc2cc(Br)ccc21. The van der Waals surface area contributed by atoms with Crippen LogP contribution in [0.2, 0.25) is 0 Å². The van der Waals surface area contributed by atoms with Gasteiger partial charge in [0.05, 0.1) is 0 Å². The van der Waals surface area contributed by atoms with Crippen LogP contribution in [0.25, 0.3) is 0 Å². The fraction of sp³-hybridized carbons (Fsp3) is 0.333. The van der Waals surface area contributed by atoms with Crippen molar-refractivity contribution in [3.05, 3.63) is 33.8 Å². The summed E-state index contributed by atoms with van der Waals surface area (Å²) in [5, 5.41) is 0. The molecule has 0 aromatic heterocycles. The van der Waals surface area contributed by atoms with Crippen molar-refractivity contribution in [3.8, 4) is 0 Å². The van der Waals surface area contributed by atoms with Gasteiger partial charge < -0.3 is 0 Å². The molecule has 1 aliphatic carbocycles. The molecule has 1 heteroatoms. The Labute approximate surface area is 69.4 Å². The normalized spacial score (nSPS) is 21.6. The highest BCUT2D eigenvalue weighted by molar-refractivity contribution is 9.10. The van der Waals surface area contributed by atoms with Crippen molar-refractivity contribution in [1.82, 2.24) is 0 Å². The lowest BCUT2D eigenvalue weighted by atomic mass is 9.79. The van der Waals surface area contributed by atoms with Crippen molar-refractivity contribution in [2.45, 2.75) is 19.3 Å². The van der Waals surface area contributed by atoms with Crippen LogP contribution in [0.4, 0.5) is 0 Å². The summed E-state index contributed by atoms with van der Waals surface area (Å²) >= 11 is 3.45. The Morgan fingerprint density at radius 3 is 2.90 bits per heavy atom. The first-order chi connectivity index (χ1) is 4.77. The second kappa shape index (κ2) is 2.09. The van der Waals surface area contributed by atoms with Crippen molar-refractivity contribution < 1.29 is 0 Å². The molecule has 0 saturated heterocycles. The lowest BCUT2D eigenvalue weighted by Crippen LogP contribution is -2.13. The third-order valence-electron chi connectivity index (χ3n) is 2.16. The first-order valence-electron chi connectivity index (χ1n) is 3.55. The fourth-order valence-corrected chi connectivity index (χ4v) is 1.95. The van der Waals surface area contributed by atoms with Gasteiger partial charge in [-0.2, -0.15) is 0 Å². The highest BCUT2D eigenvalue weighted by Gasteiger charge is 2.20. The Bertz CT molecular complexity index is 265. The van der Waals surface area contributed by atoms with Gasteiger partial charge in [-0.05, 0) is 35.6 Å². The molecule has 0 N–H and O–H groups in total. The Hall–Kier alpha value is -0.300. The van der Waals surface area contributed by atoms with E-state index >= 15 is 0 Å². The van der Waals surface area contributed by atoms with Gasteiger partial charge in [-0.3, -0.25) is 0 Å². The Kier molecular flexibility index (Phi) is 1.34. The van der Waals surface area contributed by atoms with Crippen LogP contribution in [0.5, 0.6) is 0 Å². The first kappa shape index (κ1) is 6.41. The van der Waals surface area contributed by atoms with Crippen molar-refractivity contribution in [2.75, 3.05) is 0 Å².